The van der Waals surface area contributed by atoms with Crippen molar-refractivity contribution in [2.45, 2.75) is 19.3 Å². The third kappa shape index (κ3) is 2.80. The Morgan fingerprint density at radius 1 is 0.913 bits per heavy atom. The molecule has 3 aromatic rings. The van der Waals surface area contributed by atoms with Crippen LogP contribution in [0, 0.1) is 5.92 Å². The van der Waals surface area contributed by atoms with E-state index in [9.17, 15) is 0 Å². The van der Waals surface area contributed by atoms with Crippen molar-refractivity contribution >= 4 is 5.82 Å². The van der Waals surface area contributed by atoms with Crippen molar-refractivity contribution in [1.82, 2.24) is 15.2 Å². The maximum absolute atomic E-state index is 6.20. The fraction of sp³-hybridized carbons (Fsp3) is 0.211. The Labute approximate surface area is 135 Å². The molecule has 1 saturated carbocycles. The molecule has 4 heteroatoms. The first-order valence-corrected chi connectivity index (χ1v) is 7.94. The lowest BCUT2D eigenvalue weighted by Gasteiger charge is -2.15. The van der Waals surface area contributed by atoms with Gasteiger partial charge in [-0.3, -0.25) is 4.98 Å². The number of rotatable bonds is 4. The zero-order chi connectivity index (χ0) is 15.6. The van der Waals surface area contributed by atoms with E-state index in [0.29, 0.717) is 5.82 Å². The third-order valence-corrected chi connectivity index (χ3v) is 4.31. The molecule has 2 heterocycles. The van der Waals surface area contributed by atoms with E-state index in [-0.39, 0.29) is 0 Å². The highest BCUT2D eigenvalue weighted by atomic mass is 15.1. The van der Waals surface area contributed by atoms with Gasteiger partial charge in [0, 0.05) is 23.5 Å². The second-order valence-corrected chi connectivity index (χ2v) is 6.04. The Morgan fingerprint density at radius 2 is 1.65 bits per heavy atom. The van der Waals surface area contributed by atoms with E-state index in [1.165, 1.54) is 18.4 Å². The summed E-state index contributed by atoms with van der Waals surface area (Å²) in [7, 11) is 0. The zero-order valence-electron chi connectivity index (χ0n) is 12.8. The van der Waals surface area contributed by atoms with Crippen LogP contribution in [0.25, 0.3) is 22.4 Å². The molecule has 2 N–H and O–H groups in total. The van der Waals surface area contributed by atoms with Crippen LogP contribution in [0.5, 0.6) is 0 Å². The van der Waals surface area contributed by atoms with Crippen LogP contribution in [0.1, 0.15) is 18.4 Å². The van der Waals surface area contributed by atoms with Gasteiger partial charge in [0.05, 0.1) is 5.69 Å². The summed E-state index contributed by atoms with van der Waals surface area (Å²) < 4.78 is 0. The first kappa shape index (κ1) is 13.9. The van der Waals surface area contributed by atoms with Crippen LogP contribution in [0.15, 0.2) is 54.9 Å². The number of aromatic nitrogens is 3. The minimum atomic E-state index is 0.492. The van der Waals surface area contributed by atoms with Crippen LogP contribution in [0.4, 0.5) is 5.82 Å². The lowest BCUT2D eigenvalue weighted by molar-refractivity contribution is 0.824. The van der Waals surface area contributed by atoms with Crippen molar-refractivity contribution in [2.24, 2.45) is 5.92 Å². The number of nitrogens with two attached hydrogens (primary N) is 1. The highest BCUT2D eigenvalue weighted by Gasteiger charge is 2.27. The molecule has 23 heavy (non-hydrogen) atoms. The summed E-state index contributed by atoms with van der Waals surface area (Å²) in [5.74, 6) is 1.23. The van der Waals surface area contributed by atoms with Crippen molar-refractivity contribution < 1.29 is 0 Å². The van der Waals surface area contributed by atoms with Crippen LogP contribution < -0.4 is 5.73 Å². The van der Waals surface area contributed by atoms with E-state index in [4.69, 9.17) is 5.73 Å². The monoisotopic (exact) mass is 302 g/mol. The van der Waals surface area contributed by atoms with Crippen molar-refractivity contribution in [1.29, 1.82) is 0 Å². The van der Waals surface area contributed by atoms with Crippen LogP contribution in [0.2, 0.25) is 0 Å². The lowest BCUT2D eigenvalue weighted by atomic mass is 9.93. The summed E-state index contributed by atoms with van der Waals surface area (Å²) in [6, 6.07) is 14.2. The number of anilines is 1. The van der Waals surface area contributed by atoms with Gasteiger partial charge in [0.2, 0.25) is 0 Å². The fourth-order valence-corrected chi connectivity index (χ4v) is 2.97. The minimum Gasteiger partial charge on any atom is -0.382 e. The van der Waals surface area contributed by atoms with Gasteiger partial charge in [0.1, 0.15) is 0 Å². The quantitative estimate of drug-likeness (QED) is 0.797. The second kappa shape index (κ2) is 5.80. The first-order valence-electron chi connectivity index (χ1n) is 7.94. The largest absolute Gasteiger partial charge is 0.382 e. The molecular formula is C19H18N4. The van der Waals surface area contributed by atoms with E-state index in [1.54, 1.807) is 12.4 Å². The molecule has 0 unspecified atom stereocenters. The summed E-state index contributed by atoms with van der Waals surface area (Å²) in [6.45, 7) is 0. The van der Waals surface area contributed by atoms with E-state index >= 15 is 0 Å². The van der Waals surface area contributed by atoms with Crippen LogP contribution >= 0.6 is 0 Å². The molecule has 0 saturated heterocycles. The Kier molecular flexibility index (Phi) is 3.50. The molecule has 2 aromatic heterocycles. The smallest absolute Gasteiger partial charge is 0.154 e. The predicted octanol–water partition coefficient (Wildman–Crippen LogP) is 3.74. The maximum Gasteiger partial charge on any atom is 0.154 e. The summed E-state index contributed by atoms with van der Waals surface area (Å²) in [4.78, 5) is 4.11. The number of nitrogens with zero attached hydrogens (tertiary/aromatic N) is 3. The van der Waals surface area contributed by atoms with Gasteiger partial charge in [-0.25, -0.2) is 0 Å². The van der Waals surface area contributed by atoms with Gasteiger partial charge >= 0.3 is 0 Å². The highest BCUT2D eigenvalue weighted by Crippen LogP contribution is 2.40. The van der Waals surface area contributed by atoms with Gasteiger partial charge in [-0.15, -0.1) is 10.2 Å². The number of pyridine rings is 1. The Balaban J connectivity index is 1.93. The number of benzene rings is 1. The second-order valence-electron chi connectivity index (χ2n) is 6.04. The molecule has 1 aliphatic rings. The molecule has 1 fully saturated rings. The van der Waals surface area contributed by atoms with E-state index in [2.05, 4.69) is 27.3 Å². The molecule has 1 aliphatic carbocycles. The van der Waals surface area contributed by atoms with Crippen molar-refractivity contribution in [3.63, 3.8) is 0 Å². The first-order chi connectivity index (χ1) is 11.3. The lowest BCUT2D eigenvalue weighted by Crippen LogP contribution is -2.06. The van der Waals surface area contributed by atoms with Gasteiger partial charge < -0.3 is 5.73 Å². The summed E-state index contributed by atoms with van der Waals surface area (Å²) in [6.07, 6.45) is 7.15. The van der Waals surface area contributed by atoms with Gasteiger partial charge in [0.15, 0.2) is 5.82 Å². The number of nitrogen functional groups attached to an aromatic ring is 1. The number of hydrogen-bond acceptors (Lipinski definition) is 4. The molecule has 0 amide bonds. The van der Waals surface area contributed by atoms with Gasteiger partial charge in [0.25, 0.3) is 0 Å². The number of hydrogen-bond donors (Lipinski definition) is 1. The molecule has 0 spiro atoms. The van der Waals surface area contributed by atoms with E-state index < -0.39 is 0 Å². The average molecular weight is 302 g/mol. The minimum absolute atomic E-state index is 0.492. The zero-order valence-corrected chi connectivity index (χ0v) is 12.8. The molecule has 0 atom stereocenters. The average Bonchev–Trinajstić information content (AvgIpc) is 3.41. The van der Waals surface area contributed by atoms with Crippen LogP contribution in [0.3, 0.4) is 0 Å². The summed E-state index contributed by atoms with van der Waals surface area (Å²) in [5.41, 5.74) is 11.5. The maximum atomic E-state index is 6.20. The fourth-order valence-electron chi connectivity index (χ4n) is 2.97. The molecule has 0 bridgehead atoms. The Morgan fingerprint density at radius 3 is 2.35 bits per heavy atom. The molecule has 114 valence electrons. The van der Waals surface area contributed by atoms with Gasteiger partial charge in [-0.05, 0) is 48.4 Å². The van der Waals surface area contributed by atoms with E-state index in [1.807, 2.05) is 30.3 Å². The van der Waals surface area contributed by atoms with Crippen molar-refractivity contribution in [3.8, 4) is 22.4 Å². The molecular weight excluding hydrogens is 284 g/mol. The molecule has 0 aliphatic heterocycles. The van der Waals surface area contributed by atoms with Gasteiger partial charge in [-0.2, -0.15) is 0 Å². The molecule has 0 radical (unpaired) electrons. The van der Waals surface area contributed by atoms with Crippen molar-refractivity contribution in [3.05, 3.63) is 60.4 Å². The third-order valence-electron chi connectivity index (χ3n) is 4.31. The molecule has 4 nitrogen and oxygen atoms in total. The predicted molar refractivity (Wildman–Crippen MR) is 91.5 cm³/mol. The molecule has 4 rings (SSSR count). The van der Waals surface area contributed by atoms with Crippen molar-refractivity contribution in [2.75, 3.05) is 5.73 Å². The normalized spacial score (nSPS) is 13.9. The summed E-state index contributed by atoms with van der Waals surface area (Å²) >= 11 is 0. The summed E-state index contributed by atoms with van der Waals surface area (Å²) in [5, 5.41) is 8.65. The Bertz CT molecular complexity index is 812. The van der Waals surface area contributed by atoms with Gasteiger partial charge in [-0.1, -0.05) is 30.3 Å². The van der Waals surface area contributed by atoms with E-state index in [0.717, 1.165) is 34.7 Å². The van der Waals surface area contributed by atoms with Crippen LogP contribution in [-0.4, -0.2) is 15.2 Å². The standard InChI is InChI=1S/C19H18N4/c20-19-17(14-8-10-21-11-9-14)16(12-13-6-7-13)18(22-23-19)15-4-2-1-3-5-15/h1-5,8-11,13H,6-7,12H2,(H2,20,23). The molecule has 1 aromatic carbocycles. The topological polar surface area (TPSA) is 64.7 Å². The Hall–Kier alpha value is -2.75. The van der Waals surface area contributed by atoms with Crippen LogP contribution in [-0.2, 0) is 6.42 Å². The SMILES string of the molecule is Nc1nnc(-c2ccccc2)c(CC2CC2)c1-c1ccncc1. The highest BCUT2D eigenvalue weighted by molar-refractivity contribution is 5.82.